The van der Waals surface area contributed by atoms with Gasteiger partial charge in [0.25, 0.3) is 0 Å². The van der Waals surface area contributed by atoms with Gasteiger partial charge in [-0.1, -0.05) is 37.6 Å². The maximum Gasteiger partial charge on any atom is 0.124 e. The van der Waals surface area contributed by atoms with Gasteiger partial charge in [-0.15, -0.1) is 0 Å². The topological polar surface area (TPSA) is 34.2 Å². The molecule has 0 bridgehead atoms. The van der Waals surface area contributed by atoms with Crippen LogP contribution in [0.25, 0.3) is 0 Å². The molecule has 0 saturated carbocycles. The monoisotopic (exact) mass is 310 g/mol. The van der Waals surface area contributed by atoms with Crippen molar-refractivity contribution in [2.75, 3.05) is 0 Å². The van der Waals surface area contributed by atoms with Crippen LogP contribution < -0.4 is 10.1 Å². The Hall–Kier alpha value is -1.87. The molecule has 122 valence electrons. The van der Waals surface area contributed by atoms with E-state index in [1.165, 1.54) is 11.1 Å². The van der Waals surface area contributed by atoms with Gasteiger partial charge in [0.1, 0.15) is 11.4 Å². The number of rotatable bonds is 5. The van der Waals surface area contributed by atoms with Crippen molar-refractivity contribution in [3.8, 4) is 5.75 Å². The van der Waals surface area contributed by atoms with E-state index in [4.69, 9.17) is 4.74 Å². The van der Waals surface area contributed by atoms with Crippen molar-refractivity contribution < 1.29 is 4.74 Å². The van der Waals surface area contributed by atoms with Crippen molar-refractivity contribution in [1.82, 2.24) is 10.3 Å². The zero-order chi connectivity index (χ0) is 16.3. The summed E-state index contributed by atoms with van der Waals surface area (Å²) >= 11 is 0. The molecule has 1 N–H and O–H groups in total. The SMILES string of the molecule is CCC1(CC)CC(NCc2ccccn2)c2cc(C)ccc2O1. The van der Waals surface area contributed by atoms with Crippen LogP contribution in [0.5, 0.6) is 5.75 Å². The molecule has 23 heavy (non-hydrogen) atoms. The van der Waals surface area contributed by atoms with Crippen LogP contribution in [0.4, 0.5) is 0 Å². The average molecular weight is 310 g/mol. The third kappa shape index (κ3) is 3.40. The summed E-state index contributed by atoms with van der Waals surface area (Å²) in [6.07, 6.45) is 4.90. The van der Waals surface area contributed by atoms with E-state index in [1.807, 2.05) is 18.3 Å². The van der Waals surface area contributed by atoms with Crippen LogP contribution in [0.2, 0.25) is 0 Å². The number of nitrogens with zero attached hydrogens (tertiary/aromatic N) is 1. The first-order valence-corrected chi connectivity index (χ1v) is 8.58. The van der Waals surface area contributed by atoms with E-state index in [9.17, 15) is 0 Å². The summed E-state index contributed by atoms with van der Waals surface area (Å²) in [6.45, 7) is 7.36. The Bertz CT molecular complexity index is 650. The predicted octanol–water partition coefficient (Wildman–Crippen LogP) is 4.56. The molecule has 3 nitrogen and oxygen atoms in total. The second-order valence-corrected chi connectivity index (χ2v) is 6.49. The lowest BCUT2D eigenvalue weighted by atomic mass is 9.83. The van der Waals surface area contributed by atoms with Crippen molar-refractivity contribution in [2.24, 2.45) is 0 Å². The highest BCUT2D eigenvalue weighted by molar-refractivity contribution is 5.41. The van der Waals surface area contributed by atoms with E-state index in [2.05, 4.69) is 55.3 Å². The van der Waals surface area contributed by atoms with Crippen LogP contribution >= 0.6 is 0 Å². The quantitative estimate of drug-likeness (QED) is 0.879. The minimum Gasteiger partial charge on any atom is -0.487 e. The number of aromatic nitrogens is 1. The van der Waals surface area contributed by atoms with E-state index in [1.54, 1.807) is 0 Å². The third-order valence-corrected chi connectivity index (χ3v) is 4.99. The zero-order valence-electron chi connectivity index (χ0n) is 14.3. The lowest BCUT2D eigenvalue weighted by Crippen LogP contribution is -2.43. The van der Waals surface area contributed by atoms with Gasteiger partial charge in [0.15, 0.2) is 0 Å². The summed E-state index contributed by atoms with van der Waals surface area (Å²) in [4.78, 5) is 4.42. The summed E-state index contributed by atoms with van der Waals surface area (Å²) in [5.41, 5.74) is 3.56. The lowest BCUT2D eigenvalue weighted by Gasteiger charge is -2.42. The maximum atomic E-state index is 6.40. The Kier molecular flexibility index (Phi) is 4.67. The van der Waals surface area contributed by atoms with Gasteiger partial charge in [-0.25, -0.2) is 0 Å². The Labute approximate surface area is 139 Å². The van der Waals surface area contributed by atoms with E-state index >= 15 is 0 Å². The van der Waals surface area contributed by atoms with Crippen LogP contribution in [0, 0.1) is 6.92 Å². The van der Waals surface area contributed by atoms with Gasteiger partial charge in [0, 0.05) is 30.8 Å². The highest BCUT2D eigenvalue weighted by Crippen LogP contribution is 2.43. The van der Waals surface area contributed by atoms with E-state index in [-0.39, 0.29) is 5.60 Å². The summed E-state index contributed by atoms with van der Waals surface area (Å²) in [6, 6.07) is 12.9. The van der Waals surface area contributed by atoms with Gasteiger partial charge in [-0.05, 0) is 38.0 Å². The smallest absolute Gasteiger partial charge is 0.124 e. The molecule has 3 heteroatoms. The summed E-state index contributed by atoms with van der Waals surface area (Å²) in [7, 11) is 0. The molecule has 1 aliphatic rings. The minimum atomic E-state index is -0.0654. The fourth-order valence-electron chi connectivity index (χ4n) is 3.39. The lowest BCUT2D eigenvalue weighted by molar-refractivity contribution is 0.0224. The van der Waals surface area contributed by atoms with E-state index in [0.29, 0.717) is 6.04 Å². The van der Waals surface area contributed by atoms with Crippen molar-refractivity contribution in [2.45, 2.75) is 58.2 Å². The number of pyridine rings is 1. The number of nitrogens with one attached hydrogen (secondary N) is 1. The number of fused-ring (bicyclic) bond motifs is 1. The van der Waals surface area contributed by atoms with E-state index < -0.39 is 0 Å². The second-order valence-electron chi connectivity index (χ2n) is 6.49. The molecule has 0 amide bonds. The maximum absolute atomic E-state index is 6.40. The van der Waals surface area contributed by atoms with E-state index in [0.717, 1.165) is 37.3 Å². The highest BCUT2D eigenvalue weighted by Gasteiger charge is 2.38. The van der Waals surface area contributed by atoms with Crippen molar-refractivity contribution in [3.63, 3.8) is 0 Å². The predicted molar refractivity (Wildman–Crippen MR) is 93.6 cm³/mol. The molecular formula is C20H26N2O. The van der Waals surface area contributed by atoms with Gasteiger partial charge in [0.2, 0.25) is 0 Å². The summed E-state index contributed by atoms with van der Waals surface area (Å²) in [5.74, 6) is 1.03. The third-order valence-electron chi connectivity index (χ3n) is 4.99. The molecule has 1 aromatic carbocycles. The normalized spacial score (nSPS) is 19.0. The van der Waals surface area contributed by atoms with Crippen molar-refractivity contribution in [1.29, 1.82) is 0 Å². The van der Waals surface area contributed by atoms with Gasteiger partial charge >= 0.3 is 0 Å². The van der Waals surface area contributed by atoms with Crippen LogP contribution in [0.1, 0.15) is 56.0 Å². The molecular weight excluding hydrogens is 284 g/mol. The number of ether oxygens (including phenoxy) is 1. The zero-order valence-corrected chi connectivity index (χ0v) is 14.3. The Morgan fingerprint density at radius 3 is 2.74 bits per heavy atom. The number of hydrogen-bond donors (Lipinski definition) is 1. The Morgan fingerprint density at radius 2 is 2.04 bits per heavy atom. The van der Waals surface area contributed by atoms with Crippen LogP contribution in [-0.2, 0) is 6.54 Å². The summed E-state index contributed by atoms with van der Waals surface area (Å²) in [5, 5.41) is 3.70. The van der Waals surface area contributed by atoms with Crippen LogP contribution in [-0.4, -0.2) is 10.6 Å². The Balaban J connectivity index is 1.86. The molecule has 1 aliphatic heterocycles. The first kappa shape index (κ1) is 16.0. The fraction of sp³-hybridized carbons (Fsp3) is 0.450. The van der Waals surface area contributed by atoms with Crippen molar-refractivity contribution in [3.05, 3.63) is 59.4 Å². The molecule has 3 rings (SSSR count). The fourth-order valence-corrected chi connectivity index (χ4v) is 3.39. The number of aryl methyl sites for hydroxylation is 1. The molecule has 1 unspecified atom stereocenters. The highest BCUT2D eigenvalue weighted by atomic mass is 16.5. The van der Waals surface area contributed by atoms with Gasteiger partial charge in [0.05, 0.1) is 5.69 Å². The van der Waals surface area contributed by atoms with Gasteiger partial charge in [-0.2, -0.15) is 0 Å². The molecule has 0 saturated heterocycles. The molecule has 0 radical (unpaired) electrons. The first-order chi connectivity index (χ1) is 11.2. The van der Waals surface area contributed by atoms with Gasteiger partial charge < -0.3 is 10.1 Å². The van der Waals surface area contributed by atoms with Gasteiger partial charge in [-0.3, -0.25) is 4.98 Å². The molecule has 0 spiro atoms. The molecule has 0 aliphatic carbocycles. The second kappa shape index (κ2) is 6.71. The molecule has 2 aromatic rings. The number of benzene rings is 1. The van der Waals surface area contributed by atoms with Crippen LogP contribution in [0.15, 0.2) is 42.6 Å². The molecule has 0 fully saturated rings. The number of hydrogen-bond acceptors (Lipinski definition) is 3. The molecule has 1 aromatic heterocycles. The largest absolute Gasteiger partial charge is 0.487 e. The molecule has 2 heterocycles. The average Bonchev–Trinajstić information content (AvgIpc) is 2.60. The Morgan fingerprint density at radius 1 is 1.22 bits per heavy atom. The standard InChI is InChI=1S/C20H26N2O/c1-4-20(5-2)13-18(22-14-16-8-6-7-11-21-16)17-12-15(3)9-10-19(17)23-20/h6-12,18,22H,4-5,13-14H2,1-3H3. The van der Waals surface area contributed by atoms with Crippen LogP contribution in [0.3, 0.4) is 0 Å². The molecule has 1 atom stereocenters. The summed E-state index contributed by atoms with van der Waals surface area (Å²) < 4.78 is 6.40. The van der Waals surface area contributed by atoms with Crippen molar-refractivity contribution >= 4 is 0 Å². The first-order valence-electron chi connectivity index (χ1n) is 8.58. The minimum absolute atomic E-state index is 0.0654.